The number of alkyl halides is 6. The van der Waals surface area contributed by atoms with Gasteiger partial charge in [-0.25, -0.2) is 19.9 Å². The molecule has 17 nitrogen and oxygen atoms in total. The van der Waals surface area contributed by atoms with Crippen LogP contribution in [0.1, 0.15) is 64.8 Å². The van der Waals surface area contributed by atoms with E-state index in [9.17, 15) is 31.1 Å². The van der Waals surface area contributed by atoms with E-state index in [-0.39, 0.29) is 40.9 Å². The van der Waals surface area contributed by atoms with Crippen LogP contribution in [-0.4, -0.2) is 92.2 Å². The second-order valence-electron chi connectivity index (χ2n) is 17.8. The van der Waals surface area contributed by atoms with Crippen molar-refractivity contribution in [2.75, 3.05) is 37.8 Å². The van der Waals surface area contributed by atoms with Crippen molar-refractivity contribution < 1.29 is 31.1 Å². The van der Waals surface area contributed by atoms with Crippen LogP contribution in [0.15, 0.2) is 85.7 Å². The smallest absolute Gasteiger partial charge is 0.348 e. The highest BCUT2D eigenvalue weighted by Gasteiger charge is 2.35. The highest BCUT2D eigenvalue weighted by Crippen LogP contribution is 2.37. The molecule has 5 N–H and O–H groups in total. The molecule has 1 amide bonds. The van der Waals surface area contributed by atoms with Gasteiger partial charge in [-0.1, -0.05) is 24.3 Å². The van der Waals surface area contributed by atoms with Crippen molar-refractivity contribution in [3.05, 3.63) is 125 Å². The summed E-state index contributed by atoms with van der Waals surface area (Å²) < 4.78 is 87.6. The maximum Gasteiger partial charge on any atom is 0.416 e. The monoisotopic (exact) mass is 956 g/mol. The number of hydrogen-bond acceptors (Lipinski definition) is 13. The number of aromatic nitrogens is 10. The summed E-state index contributed by atoms with van der Waals surface area (Å²) in [5.74, 6) is 1.59. The predicted octanol–water partition coefficient (Wildman–Crippen LogP) is 7.44. The molecule has 0 unspecified atom stereocenters. The molecule has 0 radical (unpaired) electrons. The Labute approximate surface area is 392 Å². The minimum absolute atomic E-state index is 0.0437. The van der Waals surface area contributed by atoms with Crippen LogP contribution in [0.3, 0.4) is 0 Å². The van der Waals surface area contributed by atoms with Gasteiger partial charge in [-0.05, 0) is 58.1 Å². The third-order valence-electron chi connectivity index (χ3n) is 11.4. The van der Waals surface area contributed by atoms with E-state index in [4.69, 9.17) is 5.73 Å². The maximum absolute atomic E-state index is 14.0. The number of carbonyl (C=O) groups is 1. The third-order valence-corrected chi connectivity index (χ3v) is 11.4. The number of anilines is 4. The first kappa shape index (κ1) is 48.2. The first-order chi connectivity index (χ1) is 32.7. The highest BCUT2D eigenvalue weighted by atomic mass is 19.4. The first-order valence-corrected chi connectivity index (χ1v) is 21.8. The Morgan fingerprint density at radius 3 is 1.61 bits per heavy atom. The normalized spacial score (nSPS) is 14.4. The van der Waals surface area contributed by atoms with Gasteiger partial charge in [-0.15, -0.1) is 0 Å². The van der Waals surface area contributed by atoms with Crippen molar-refractivity contribution in [3.63, 3.8) is 0 Å². The van der Waals surface area contributed by atoms with Gasteiger partial charge in [-0.2, -0.15) is 41.6 Å². The Morgan fingerprint density at radius 2 is 1.14 bits per heavy atom. The number of halogens is 6. The third kappa shape index (κ3) is 11.6. The van der Waals surface area contributed by atoms with E-state index in [1.165, 1.54) is 31.0 Å². The van der Waals surface area contributed by atoms with Crippen LogP contribution in [0, 0.1) is 0 Å². The van der Waals surface area contributed by atoms with E-state index >= 15 is 0 Å². The van der Waals surface area contributed by atoms with E-state index in [2.05, 4.69) is 61.0 Å². The number of amides is 1. The van der Waals surface area contributed by atoms with Gasteiger partial charge in [0.1, 0.15) is 24.3 Å². The minimum atomic E-state index is -4.63. The Morgan fingerprint density at radius 1 is 0.652 bits per heavy atom. The molecular formula is C46H50F6N16O. The molecule has 7 aromatic rings. The molecule has 0 aliphatic carbocycles. The maximum atomic E-state index is 14.0. The van der Waals surface area contributed by atoms with Gasteiger partial charge in [0.2, 0.25) is 0 Å². The van der Waals surface area contributed by atoms with Gasteiger partial charge in [0.25, 0.3) is 5.91 Å². The molecule has 2 aliphatic rings. The van der Waals surface area contributed by atoms with Gasteiger partial charge in [0, 0.05) is 80.9 Å². The quantitative estimate of drug-likeness (QED) is 0.0991. The van der Waals surface area contributed by atoms with E-state index in [1.807, 2.05) is 56.4 Å². The van der Waals surface area contributed by atoms with Gasteiger partial charge in [0.15, 0.2) is 11.6 Å². The Bertz CT molecular complexity index is 2950. The molecule has 362 valence electrons. The summed E-state index contributed by atoms with van der Waals surface area (Å²) in [6.07, 6.45) is -3.55. The van der Waals surface area contributed by atoms with Gasteiger partial charge in [-0.3, -0.25) is 28.6 Å². The van der Waals surface area contributed by atoms with Crippen LogP contribution in [0.2, 0.25) is 0 Å². The lowest BCUT2D eigenvalue weighted by atomic mass is 10.0. The van der Waals surface area contributed by atoms with Crippen LogP contribution in [0.5, 0.6) is 0 Å². The lowest BCUT2D eigenvalue weighted by molar-refractivity contribution is -0.139. The van der Waals surface area contributed by atoms with E-state index < -0.39 is 29.4 Å². The summed E-state index contributed by atoms with van der Waals surface area (Å²) >= 11 is 0. The van der Waals surface area contributed by atoms with E-state index in [1.54, 1.807) is 35.1 Å². The topological polar surface area (TPSA) is 191 Å². The van der Waals surface area contributed by atoms with Gasteiger partial charge >= 0.3 is 12.4 Å². The predicted molar refractivity (Wildman–Crippen MR) is 245 cm³/mol. The van der Waals surface area contributed by atoms with Crippen LogP contribution in [0.4, 0.5) is 49.6 Å². The zero-order valence-corrected chi connectivity index (χ0v) is 38.4. The number of likely N-dealkylation sites (N-methyl/N-ethyl adjacent to an activating group) is 2. The Hall–Kier alpha value is -7.24. The van der Waals surface area contributed by atoms with Gasteiger partial charge < -0.3 is 21.7 Å². The molecule has 0 saturated carbocycles. The van der Waals surface area contributed by atoms with Crippen LogP contribution in [-0.2, 0) is 57.2 Å². The van der Waals surface area contributed by atoms with Crippen molar-refractivity contribution >= 4 is 29.2 Å². The SMILES string of the molecule is CN1CCn2nc(Nc3cc(-c4ccc(CN)c(C(F)(F)F)c4)ncn3)cc2C1.CN1CCn2nc(Nc3cc(-c4ccc(CNC(=O)c5cnn(C(C)(C)C)c5)c(C(F)(F)F)c4)ncn3)cc2C1. The average Bonchev–Trinajstić information content (AvgIpc) is 4.06. The van der Waals surface area contributed by atoms with E-state index in [0.29, 0.717) is 40.2 Å². The van der Waals surface area contributed by atoms with E-state index in [0.717, 1.165) is 62.8 Å². The number of hydrogen-bond donors (Lipinski definition) is 4. The van der Waals surface area contributed by atoms with Crippen LogP contribution in [0.25, 0.3) is 22.5 Å². The number of carbonyl (C=O) groups excluding carboxylic acids is 1. The fraction of sp³-hybridized carbons (Fsp3) is 0.348. The molecule has 2 aliphatic heterocycles. The Balaban J connectivity index is 0.000000196. The molecule has 0 fully saturated rings. The first-order valence-electron chi connectivity index (χ1n) is 21.8. The number of benzene rings is 2. The molecule has 69 heavy (non-hydrogen) atoms. The standard InChI is InChI=1S/C27H30F3N9O.C19H20F3N7/c1-26(2,3)39-14-19(13-34-39)25(40)31-12-18-6-5-17(9-21(18)27(28,29)30)22-11-23(33-16-32-22)35-24-10-20-15-37(4)7-8-38(20)36-24;1-28-4-5-29-14(10-28)7-18(27-29)26-17-8-16(24-11-25-17)12-2-3-13(9-23)15(6-12)19(20,21)22/h5-6,9-11,13-14,16H,7-8,12,15H2,1-4H3,(H,31,40)(H,32,33,35,36);2-3,6-8,11H,4-5,9-10,23H2,1H3,(H,24,25,26,27). The minimum Gasteiger partial charge on any atom is -0.348 e. The van der Waals surface area contributed by atoms with Crippen molar-refractivity contribution in [1.29, 1.82) is 0 Å². The fourth-order valence-corrected chi connectivity index (χ4v) is 7.76. The summed E-state index contributed by atoms with van der Waals surface area (Å²) in [7, 11) is 4.09. The van der Waals surface area contributed by atoms with Crippen molar-refractivity contribution in [2.24, 2.45) is 5.73 Å². The molecule has 0 saturated heterocycles. The Kier molecular flexibility index (Phi) is 13.6. The summed E-state index contributed by atoms with van der Waals surface area (Å²) in [6, 6.07) is 15.0. The second-order valence-corrected chi connectivity index (χ2v) is 17.8. The number of nitrogens with one attached hydrogen (secondary N) is 3. The number of nitrogens with two attached hydrogens (primary N) is 1. The molecule has 9 rings (SSSR count). The highest BCUT2D eigenvalue weighted by molar-refractivity contribution is 5.93. The zero-order valence-electron chi connectivity index (χ0n) is 38.4. The van der Waals surface area contributed by atoms with Crippen LogP contribution < -0.4 is 21.7 Å². The summed E-state index contributed by atoms with van der Waals surface area (Å²) in [5.41, 5.74) is 7.21. The van der Waals surface area contributed by atoms with Crippen molar-refractivity contribution in [1.82, 2.24) is 64.4 Å². The lowest BCUT2D eigenvalue weighted by Gasteiger charge is -2.22. The molecule has 7 heterocycles. The summed E-state index contributed by atoms with van der Waals surface area (Å²) in [4.78, 5) is 33.7. The average molecular weight is 957 g/mol. The zero-order chi connectivity index (χ0) is 49.3. The summed E-state index contributed by atoms with van der Waals surface area (Å²) in [6.45, 7) is 10.3. The number of nitrogens with zero attached hydrogens (tertiary/aromatic N) is 12. The molecule has 5 aromatic heterocycles. The fourth-order valence-electron chi connectivity index (χ4n) is 7.76. The number of rotatable bonds is 10. The lowest BCUT2D eigenvalue weighted by Crippen LogP contribution is -2.30. The van der Waals surface area contributed by atoms with Crippen molar-refractivity contribution in [3.8, 4) is 22.5 Å². The molecular weight excluding hydrogens is 907 g/mol. The largest absolute Gasteiger partial charge is 0.416 e. The van der Waals surface area contributed by atoms with Gasteiger partial charge in [0.05, 0.1) is 64.3 Å². The molecule has 2 aromatic carbocycles. The van der Waals surface area contributed by atoms with Crippen LogP contribution >= 0.6 is 0 Å². The second kappa shape index (κ2) is 19.4. The molecule has 23 heteroatoms. The molecule has 0 spiro atoms. The molecule has 0 atom stereocenters. The summed E-state index contributed by atoms with van der Waals surface area (Å²) in [5, 5.41) is 22.0. The molecule has 0 bridgehead atoms. The number of fused-ring (bicyclic) bond motifs is 2. The van der Waals surface area contributed by atoms with Crippen molar-refractivity contribution in [2.45, 2.75) is 77.9 Å².